The van der Waals surface area contributed by atoms with Gasteiger partial charge in [-0.2, -0.15) is 0 Å². The van der Waals surface area contributed by atoms with Crippen molar-refractivity contribution in [2.75, 3.05) is 37.6 Å². The molecule has 29 heavy (non-hydrogen) atoms. The molecule has 2 saturated heterocycles. The Morgan fingerprint density at radius 3 is 2.62 bits per heavy atom. The number of likely N-dealkylation sites (tertiary alicyclic amines) is 1. The van der Waals surface area contributed by atoms with Gasteiger partial charge in [0.05, 0.1) is 5.92 Å². The lowest BCUT2D eigenvalue weighted by Crippen LogP contribution is -2.51. The molecule has 3 heterocycles. The molecule has 7 nitrogen and oxygen atoms in total. The van der Waals surface area contributed by atoms with Crippen LogP contribution in [0.2, 0.25) is 0 Å². The van der Waals surface area contributed by atoms with Crippen LogP contribution in [-0.4, -0.2) is 63.9 Å². The number of imidazole rings is 1. The molecule has 0 unspecified atom stereocenters. The number of hydrogen-bond donors (Lipinski definition) is 0. The van der Waals surface area contributed by atoms with Crippen molar-refractivity contribution in [2.24, 2.45) is 13.0 Å². The number of carbonyl (C=O) groups is 2. The number of hydrogen-bond acceptors (Lipinski definition) is 4. The molecule has 4 rings (SSSR count). The van der Waals surface area contributed by atoms with Crippen molar-refractivity contribution < 1.29 is 14.0 Å². The van der Waals surface area contributed by atoms with Crippen molar-refractivity contribution in [3.63, 3.8) is 0 Å². The van der Waals surface area contributed by atoms with E-state index in [1.165, 1.54) is 12.1 Å². The minimum atomic E-state index is -0.427. The maximum atomic E-state index is 13.5. The van der Waals surface area contributed by atoms with Gasteiger partial charge in [-0.25, -0.2) is 9.37 Å². The van der Waals surface area contributed by atoms with Gasteiger partial charge in [-0.1, -0.05) is 6.07 Å². The van der Waals surface area contributed by atoms with E-state index < -0.39 is 5.92 Å². The summed E-state index contributed by atoms with van der Waals surface area (Å²) in [5.74, 6) is 0.0557. The van der Waals surface area contributed by atoms with E-state index in [0.29, 0.717) is 32.7 Å². The summed E-state index contributed by atoms with van der Waals surface area (Å²) in [5, 5.41) is 0. The number of aromatic nitrogens is 2. The molecule has 1 aromatic heterocycles. The van der Waals surface area contributed by atoms with Crippen LogP contribution in [0.5, 0.6) is 0 Å². The third kappa shape index (κ3) is 3.59. The minimum absolute atomic E-state index is 0.00110. The van der Waals surface area contributed by atoms with Gasteiger partial charge in [0, 0.05) is 64.3 Å². The summed E-state index contributed by atoms with van der Waals surface area (Å²) < 4.78 is 15.4. The second-order valence-electron chi connectivity index (χ2n) is 7.62. The Balaban J connectivity index is 1.49. The summed E-state index contributed by atoms with van der Waals surface area (Å²) in [6.07, 6.45) is 3.75. The summed E-state index contributed by atoms with van der Waals surface area (Å²) in [6, 6.07) is 6.19. The van der Waals surface area contributed by atoms with Crippen LogP contribution >= 0.6 is 0 Å². The Bertz CT molecular complexity index is 906. The molecule has 0 saturated carbocycles. The molecule has 2 atom stereocenters. The minimum Gasteiger partial charge on any atom is -0.368 e. The number of nitrogens with zero attached hydrogens (tertiary/aromatic N) is 5. The first-order chi connectivity index (χ1) is 14.0. The topological polar surface area (TPSA) is 61.7 Å². The van der Waals surface area contributed by atoms with Crippen LogP contribution in [0.4, 0.5) is 10.1 Å². The number of halogens is 1. The smallest absolute Gasteiger partial charge is 0.228 e. The number of benzene rings is 1. The van der Waals surface area contributed by atoms with Gasteiger partial charge in [-0.15, -0.1) is 0 Å². The maximum Gasteiger partial charge on any atom is 0.228 e. The highest BCUT2D eigenvalue weighted by atomic mass is 19.1. The zero-order valence-corrected chi connectivity index (χ0v) is 16.8. The highest BCUT2D eigenvalue weighted by molar-refractivity contribution is 5.90. The van der Waals surface area contributed by atoms with Gasteiger partial charge < -0.3 is 19.3 Å². The molecule has 8 heteroatoms. The van der Waals surface area contributed by atoms with Gasteiger partial charge in [-0.3, -0.25) is 9.59 Å². The molecule has 2 aliphatic heterocycles. The fourth-order valence-corrected chi connectivity index (χ4v) is 4.46. The van der Waals surface area contributed by atoms with Gasteiger partial charge in [0.1, 0.15) is 17.7 Å². The first kappa shape index (κ1) is 19.4. The zero-order valence-electron chi connectivity index (χ0n) is 16.8. The van der Waals surface area contributed by atoms with Crippen LogP contribution in [0, 0.1) is 11.7 Å². The molecule has 0 bridgehead atoms. The normalized spacial score (nSPS) is 22.4. The van der Waals surface area contributed by atoms with Crippen molar-refractivity contribution in [2.45, 2.75) is 19.4 Å². The lowest BCUT2D eigenvalue weighted by molar-refractivity contribution is -0.137. The van der Waals surface area contributed by atoms with E-state index in [0.717, 1.165) is 11.5 Å². The number of rotatable bonds is 4. The molecule has 2 aromatic rings. The van der Waals surface area contributed by atoms with E-state index in [4.69, 9.17) is 0 Å². The number of carbonyl (C=O) groups excluding carboxylic acids is 2. The Labute approximate surface area is 169 Å². The van der Waals surface area contributed by atoms with Crippen LogP contribution in [0.1, 0.15) is 25.2 Å². The lowest BCUT2D eigenvalue weighted by Gasteiger charge is -2.38. The van der Waals surface area contributed by atoms with Crippen molar-refractivity contribution in [3.05, 3.63) is 48.3 Å². The standard InChI is InChI=1S/C21H26FN5O2/c1-3-27-18(28)14-17(19(27)20-23-7-8-24(20)2)21(29)26-11-9-25(10-12-26)16-6-4-5-15(22)13-16/h4-8,13,17,19H,3,9-12,14H2,1-2H3/t17-,19-/m0/s1. The lowest BCUT2D eigenvalue weighted by atomic mass is 9.97. The van der Waals surface area contributed by atoms with Gasteiger partial charge in [0.15, 0.2) is 0 Å². The third-order valence-corrected chi connectivity index (χ3v) is 5.98. The maximum absolute atomic E-state index is 13.5. The molecular formula is C21H26FN5O2. The number of anilines is 1. The summed E-state index contributed by atoms with van der Waals surface area (Å²) in [7, 11) is 1.89. The molecule has 2 aliphatic rings. The van der Waals surface area contributed by atoms with Crippen LogP contribution in [-0.2, 0) is 16.6 Å². The fourth-order valence-electron chi connectivity index (χ4n) is 4.46. The Kier molecular flexibility index (Phi) is 5.25. The van der Waals surface area contributed by atoms with Crippen LogP contribution in [0.15, 0.2) is 36.7 Å². The average Bonchev–Trinajstić information content (AvgIpc) is 3.29. The van der Waals surface area contributed by atoms with Gasteiger partial charge >= 0.3 is 0 Å². The summed E-state index contributed by atoms with van der Waals surface area (Å²) in [4.78, 5) is 36.0. The summed E-state index contributed by atoms with van der Waals surface area (Å²) in [5.41, 5.74) is 0.830. The molecule has 0 radical (unpaired) electrons. The van der Waals surface area contributed by atoms with Gasteiger partial charge in [0.2, 0.25) is 11.8 Å². The molecule has 0 aliphatic carbocycles. The van der Waals surface area contributed by atoms with E-state index >= 15 is 0 Å². The first-order valence-corrected chi connectivity index (χ1v) is 10.1. The molecule has 0 N–H and O–H groups in total. The third-order valence-electron chi connectivity index (χ3n) is 5.98. The van der Waals surface area contributed by atoms with Gasteiger partial charge in [0.25, 0.3) is 0 Å². The molecular weight excluding hydrogens is 373 g/mol. The number of amides is 2. The quantitative estimate of drug-likeness (QED) is 0.787. The van der Waals surface area contributed by atoms with Crippen LogP contribution < -0.4 is 4.90 Å². The van der Waals surface area contributed by atoms with E-state index in [2.05, 4.69) is 9.88 Å². The first-order valence-electron chi connectivity index (χ1n) is 10.1. The predicted molar refractivity (Wildman–Crippen MR) is 107 cm³/mol. The van der Waals surface area contributed by atoms with Crippen molar-refractivity contribution >= 4 is 17.5 Å². The van der Waals surface area contributed by atoms with Crippen LogP contribution in [0.3, 0.4) is 0 Å². The average molecular weight is 399 g/mol. The molecule has 0 spiro atoms. The van der Waals surface area contributed by atoms with Crippen molar-refractivity contribution in [1.29, 1.82) is 0 Å². The zero-order chi connectivity index (χ0) is 20.5. The molecule has 2 amide bonds. The van der Waals surface area contributed by atoms with Gasteiger partial charge in [-0.05, 0) is 25.1 Å². The highest BCUT2D eigenvalue weighted by Gasteiger charge is 2.47. The Morgan fingerprint density at radius 1 is 1.24 bits per heavy atom. The summed E-state index contributed by atoms with van der Waals surface area (Å²) >= 11 is 0. The fraction of sp³-hybridized carbons (Fsp3) is 0.476. The molecule has 154 valence electrons. The van der Waals surface area contributed by atoms with E-state index in [1.807, 2.05) is 35.7 Å². The second-order valence-corrected chi connectivity index (χ2v) is 7.62. The number of piperazine rings is 1. The van der Waals surface area contributed by atoms with E-state index in [1.54, 1.807) is 17.2 Å². The van der Waals surface area contributed by atoms with E-state index in [9.17, 15) is 14.0 Å². The van der Waals surface area contributed by atoms with E-state index in [-0.39, 0.29) is 30.1 Å². The Morgan fingerprint density at radius 2 is 2.00 bits per heavy atom. The second kappa shape index (κ2) is 7.85. The SMILES string of the molecule is CCN1C(=O)C[C@H](C(=O)N2CCN(c3cccc(F)c3)CC2)[C@H]1c1nccn1C. The summed E-state index contributed by atoms with van der Waals surface area (Å²) in [6.45, 7) is 4.87. The predicted octanol–water partition coefficient (Wildman–Crippen LogP) is 1.82. The molecule has 1 aromatic carbocycles. The largest absolute Gasteiger partial charge is 0.368 e. The monoisotopic (exact) mass is 399 g/mol. The molecule has 2 fully saturated rings. The van der Waals surface area contributed by atoms with Crippen LogP contribution in [0.25, 0.3) is 0 Å². The number of aryl methyl sites for hydroxylation is 1. The highest BCUT2D eigenvalue weighted by Crippen LogP contribution is 2.38. The Hall–Kier alpha value is -2.90. The van der Waals surface area contributed by atoms with Crippen molar-refractivity contribution in [3.8, 4) is 0 Å². The van der Waals surface area contributed by atoms with Crippen molar-refractivity contribution in [1.82, 2.24) is 19.4 Å².